The molecule has 0 aromatic carbocycles. The molecule has 0 heterocycles. The lowest BCUT2D eigenvalue weighted by atomic mass is 9.87. The molecule has 1 fully saturated rings. The smallest absolute Gasteiger partial charge is 0.236 e. The quantitative estimate of drug-likeness (QED) is 0.757. The van der Waals surface area contributed by atoms with Crippen LogP contribution in [0.2, 0.25) is 0 Å². The molecule has 0 bridgehead atoms. The molecule has 118 valence electrons. The van der Waals surface area contributed by atoms with Gasteiger partial charge in [0.15, 0.2) is 0 Å². The number of carbonyl (C=O) groups is 1. The lowest BCUT2D eigenvalue weighted by molar-refractivity contribution is -0.134. The maximum Gasteiger partial charge on any atom is 0.236 e. The van der Waals surface area contributed by atoms with Crippen molar-refractivity contribution in [2.24, 2.45) is 5.92 Å². The van der Waals surface area contributed by atoms with Crippen LogP contribution in [0.25, 0.3) is 0 Å². The number of rotatable bonds is 7. The number of nitrogens with zero attached hydrogens (tertiary/aromatic N) is 2. The fourth-order valence-corrected chi connectivity index (χ4v) is 2.85. The maximum atomic E-state index is 12.2. The fourth-order valence-electron chi connectivity index (χ4n) is 2.85. The average Bonchev–Trinajstić information content (AvgIpc) is 2.38. The first kappa shape index (κ1) is 17.4. The number of hydrogen-bond acceptors (Lipinski definition) is 4. The molecule has 5 heteroatoms. The van der Waals surface area contributed by atoms with Crippen LogP contribution in [-0.2, 0) is 9.53 Å². The number of likely N-dealkylation sites (N-methyl/N-ethyl adjacent to an activating group) is 2. The van der Waals surface area contributed by atoms with Crippen LogP contribution in [0.1, 0.15) is 32.6 Å². The summed E-state index contributed by atoms with van der Waals surface area (Å²) in [4.78, 5) is 16.0. The Morgan fingerprint density at radius 1 is 1.30 bits per heavy atom. The molecule has 0 spiro atoms. The third-order valence-electron chi connectivity index (χ3n) is 4.21. The summed E-state index contributed by atoms with van der Waals surface area (Å²) in [7, 11) is 5.32. The third-order valence-corrected chi connectivity index (χ3v) is 4.21. The number of methoxy groups -OCH3 is 1. The van der Waals surface area contributed by atoms with Gasteiger partial charge in [0, 0.05) is 26.7 Å². The van der Waals surface area contributed by atoms with Gasteiger partial charge in [-0.3, -0.25) is 9.69 Å². The number of carbonyl (C=O) groups excluding carboxylic acids is 1. The van der Waals surface area contributed by atoms with E-state index in [2.05, 4.69) is 6.92 Å². The summed E-state index contributed by atoms with van der Waals surface area (Å²) in [6, 6.07) is 0.385. The van der Waals surface area contributed by atoms with Gasteiger partial charge in [-0.2, -0.15) is 0 Å². The summed E-state index contributed by atoms with van der Waals surface area (Å²) < 4.78 is 4.89. The van der Waals surface area contributed by atoms with Crippen LogP contribution in [0.3, 0.4) is 0 Å². The highest BCUT2D eigenvalue weighted by atomic mass is 16.5. The average molecular weight is 286 g/mol. The Hall–Kier alpha value is -0.650. The second-order valence-electron chi connectivity index (χ2n) is 6.22. The maximum absolute atomic E-state index is 12.2. The predicted molar refractivity (Wildman–Crippen MR) is 79.6 cm³/mol. The molecule has 1 aliphatic carbocycles. The molecule has 1 aliphatic rings. The van der Waals surface area contributed by atoms with Crippen molar-refractivity contribution in [2.45, 2.75) is 44.8 Å². The van der Waals surface area contributed by atoms with E-state index in [1.165, 1.54) is 12.8 Å². The van der Waals surface area contributed by atoms with Crippen molar-refractivity contribution in [3.63, 3.8) is 0 Å². The standard InChI is InChI=1S/C15H30N2O3/c1-12-5-7-13(8-6-12)17(3)15(19)10-16(2)9-14(18)11-20-4/h12-14,18H,5-11H2,1-4H3. The molecular weight excluding hydrogens is 256 g/mol. The van der Waals surface area contributed by atoms with Gasteiger partial charge in [-0.1, -0.05) is 6.92 Å². The molecule has 0 aromatic rings. The van der Waals surface area contributed by atoms with E-state index >= 15 is 0 Å². The Balaban J connectivity index is 2.33. The summed E-state index contributed by atoms with van der Waals surface area (Å²) in [6.07, 6.45) is 4.10. The lowest BCUT2D eigenvalue weighted by Crippen LogP contribution is -2.45. The molecule has 0 aromatic heterocycles. The molecule has 1 unspecified atom stereocenters. The monoisotopic (exact) mass is 286 g/mol. The Kier molecular flexibility index (Phi) is 7.48. The first-order chi connectivity index (χ1) is 9.43. The van der Waals surface area contributed by atoms with Crippen LogP contribution in [0, 0.1) is 5.92 Å². The summed E-state index contributed by atoms with van der Waals surface area (Å²) in [6.45, 7) is 3.39. The van der Waals surface area contributed by atoms with Gasteiger partial charge in [-0.25, -0.2) is 0 Å². The number of hydrogen-bond donors (Lipinski definition) is 1. The molecular formula is C15H30N2O3. The van der Waals surface area contributed by atoms with Crippen molar-refractivity contribution < 1.29 is 14.6 Å². The zero-order chi connectivity index (χ0) is 15.1. The van der Waals surface area contributed by atoms with Crippen molar-refractivity contribution in [1.82, 2.24) is 9.80 Å². The van der Waals surface area contributed by atoms with E-state index in [9.17, 15) is 9.90 Å². The Labute approximate surface area is 122 Å². The second kappa shape index (κ2) is 8.60. The van der Waals surface area contributed by atoms with Crippen molar-refractivity contribution >= 4 is 5.91 Å². The van der Waals surface area contributed by atoms with Gasteiger partial charge >= 0.3 is 0 Å². The molecule has 0 saturated heterocycles. The van der Waals surface area contributed by atoms with Gasteiger partial charge in [-0.15, -0.1) is 0 Å². The molecule has 1 N–H and O–H groups in total. The lowest BCUT2D eigenvalue weighted by Gasteiger charge is -2.34. The SMILES string of the molecule is COCC(O)CN(C)CC(=O)N(C)C1CCC(C)CC1. The molecule has 1 rings (SSSR count). The summed E-state index contributed by atoms with van der Waals surface area (Å²) in [5.41, 5.74) is 0. The van der Waals surface area contributed by atoms with Gasteiger partial charge in [-0.05, 0) is 38.6 Å². The minimum Gasteiger partial charge on any atom is -0.389 e. The van der Waals surface area contributed by atoms with Crippen LogP contribution in [0.4, 0.5) is 0 Å². The molecule has 1 amide bonds. The van der Waals surface area contributed by atoms with E-state index in [0.29, 0.717) is 25.7 Å². The van der Waals surface area contributed by atoms with Gasteiger partial charge in [0.1, 0.15) is 0 Å². The molecule has 1 saturated carbocycles. The Morgan fingerprint density at radius 2 is 1.90 bits per heavy atom. The van der Waals surface area contributed by atoms with E-state index in [1.54, 1.807) is 7.11 Å². The van der Waals surface area contributed by atoms with Crippen LogP contribution >= 0.6 is 0 Å². The van der Waals surface area contributed by atoms with Crippen molar-refractivity contribution in [2.75, 3.05) is 40.9 Å². The highest BCUT2D eigenvalue weighted by Gasteiger charge is 2.25. The summed E-state index contributed by atoms with van der Waals surface area (Å²) in [5, 5.41) is 9.66. The molecule has 20 heavy (non-hydrogen) atoms. The van der Waals surface area contributed by atoms with E-state index in [-0.39, 0.29) is 5.91 Å². The topological polar surface area (TPSA) is 53.0 Å². The van der Waals surface area contributed by atoms with Gasteiger partial charge in [0.05, 0.1) is 19.3 Å². The first-order valence-electron chi connectivity index (χ1n) is 7.55. The largest absolute Gasteiger partial charge is 0.389 e. The van der Waals surface area contributed by atoms with E-state index in [4.69, 9.17) is 4.74 Å². The number of aliphatic hydroxyl groups excluding tert-OH is 1. The Morgan fingerprint density at radius 3 is 2.45 bits per heavy atom. The van der Waals surface area contributed by atoms with Crippen LogP contribution < -0.4 is 0 Å². The van der Waals surface area contributed by atoms with E-state index in [0.717, 1.165) is 18.8 Å². The molecule has 0 radical (unpaired) electrons. The van der Waals surface area contributed by atoms with Crippen molar-refractivity contribution in [1.29, 1.82) is 0 Å². The highest BCUT2D eigenvalue weighted by molar-refractivity contribution is 5.78. The molecule has 1 atom stereocenters. The van der Waals surface area contributed by atoms with Crippen LogP contribution in [0.5, 0.6) is 0 Å². The summed E-state index contributed by atoms with van der Waals surface area (Å²) >= 11 is 0. The first-order valence-corrected chi connectivity index (χ1v) is 7.55. The van der Waals surface area contributed by atoms with Gasteiger partial charge < -0.3 is 14.7 Å². The number of amides is 1. The normalized spacial score (nSPS) is 24.7. The fraction of sp³-hybridized carbons (Fsp3) is 0.933. The van der Waals surface area contributed by atoms with E-state index < -0.39 is 6.10 Å². The van der Waals surface area contributed by atoms with Crippen LogP contribution in [0.15, 0.2) is 0 Å². The number of ether oxygens (including phenoxy) is 1. The zero-order valence-corrected chi connectivity index (χ0v) is 13.3. The Bertz CT molecular complexity index is 291. The molecule has 0 aliphatic heterocycles. The van der Waals surface area contributed by atoms with Crippen molar-refractivity contribution in [3.05, 3.63) is 0 Å². The third kappa shape index (κ3) is 5.77. The zero-order valence-electron chi connectivity index (χ0n) is 13.3. The van der Waals surface area contributed by atoms with Gasteiger partial charge in [0.25, 0.3) is 0 Å². The second-order valence-corrected chi connectivity index (χ2v) is 6.22. The minimum absolute atomic E-state index is 0.136. The predicted octanol–water partition coefficient (Wildman–Crippen LogP) is 0.963. The highest BCUT2D eigenvalue weighted by Crippen LogP contribution is 2.26. The van der Waals surface area contributed by atoms with Gasteiger partial charge in [0.2, 0.25) is 5.91 Å². The van der Waals surface area contributed by atoms with Crippen LogP contribution in [-0.4, -0.2) is 73.9 Å². The number of aliphatic hydroxyl groups is 1. The van der Waals surface area contributed by atoms with E-state index in [1.807, 2.05) is 23.9 Å². The summed E-state index contributed by atoms with van der Waals surface area (Å²) in [5.74, 6) is 0.929. The molecule has 5 nitrogen and oxygen atoms in total. The van der Waals surface area contributed by atoms with Crippen molar-refractivity contribution in [3.8, 4) is 0 Å². The minimum atomic E-state index is -0.543.